The van der Waals surface area contributed by atoms with Gasteiger partial charge in [0.1, 0.15) is 5.52 Å². The van der Waals surface area contributed by atoms with Gasteiger partial charge in [0.15, 0.2) is 5.58 Å². The van der Waals surface area contributed by atoms with Crippen molar-refractivity contribution >= 4 is 29.2 Å². The normalized spacial score (nSPS) is 11.2. The van der Waals surface area contributed by atoms with E-state index >= 15 is 0 Å². The van der Waals surface area contributed by atoms with Crippen LogP contribution in [0.3, 0.4) is 0 Å². The van der Waals surface area contributed by atoms with Crippen molar-refractivity contribution in [1.82, 2.24) is 9.88 Å². The summed E-state index contributed by atoms with van der Waals surface area (Å²) in [6.45, 7) is 0. The molecule has 4 rings (SSSR count). The first kappa shape index (κ1) is 17.7. The maximum Gasteiger partial charge on any atom is 0.253 e. The van der Waals surface area contributed by atoms with Crippen molar-refractivity contribution in [3.8, 4) is 11.5 Å². The van der Waals surface area contributed by atoms with Gasteiger partial charge in [0, 0.05) is 25.2 Å². The molecule has 0 atom stereocenters. The van der Waals surface area contributed by atoms with Gasteiger partial charge >= 0.3 is 0 Å². The van der Waals surface area contributed by atoms with Gasteiger partial charge in [0.05, 0.1) is 0 Å². The van der Waals surface area contributed by atoms with E-state index in [1.165, 1.54) is 0 Å². The quantitative estimate of drug-likeness (QED) is 0.455. The van der Waals surface area contributed by atoms with Crippen molar-refractivity contribution in [2.75, 3.05) is 14.1 Å². The molecule has 0 bridgehead atoms. The number of aromatic nitrogens is 1. The molecule has 28 heavy (non-hydrogen) atoms. The van der Waals surface area contributed by atoms with Crippen LogP contribution in [0.5, 0.6) is 0 Å². The van der Waals surface area contributed by atoms with Crippen molar-refractivity contribution in [2.24, 2.45) is 0 Å². The highest BCUT2D eigenvalue weighted by Crippen LogP contribution is 2.24. The fourth-order valence-electron chi connectivity index (χ4n) is 2.92. The van der Waals surface area contributed by atoms with Crippen LogP contribution in [-0.4, -0.2) is 29.9 Å². The molecule has 4 heteroatoms. The lowest BCUT2D eigenvalue weighted by Gasteiger charge is -2.09. The Hall–Kier alpha value is -3.66. The molecule has 0 aliphatic heterocycles. The Morgan fingerprint density at radius 3 is 2.07 bits per heavy atom. The lowest BCUT2D eigenvalue weighted by atomic mass is 10.1. The monoisotopic (exact) mass is 368 g/mol. The number of nitrogens with zero attached hydrogens (tertiary/aromatic N) is 2. The summed E-state index contributed by atoms with van der Waals surface area (Å²) in [5, 5.41) is 0. The topological polar surface area (TPSA) is 46.3 Å². The van der Waals surface area contributed by atoms with E-state index in [4.69, 9.17) is 4.42 Å². The van der Waals surface area contributed by atoms with Gasteiger partial charge in [-0.05, 0) is 47.5 Å². The zero-order valence-corrected chi connectivity index (χ0v) is 15.8. The van der Waals surface area contributed by atoms with Gasteiger partial charge in [-0.3, -0.25) is 4.79 Å². The minimum absolute atomic E-state index is 0.00492. The predicted octanol–water partition coefficient (Wildman–Crippen LogP) is 5.37. The third-order valence-corrected chi connectivity index (χ3v) is 4.48. The van der Waals surface area contributed by atoms with Crippen molar-refractivity contribution in [2.45, 2.75) is 0 Å². The molecule has 0 fully saturated rings. The van der Waals surface area contributed by atoms with E-state index in [9.17, 15) is 4.79 Å². The summed E-state index contributed by atoms with van der Waals surface area (Å²) in [6.07, 6.45) is 4.07. The molecule has 0 saturated carbocycles. The van der Waals surface area contributed by atoms with Crippen molar-refractivity contribution in [1.29, 1.82) is 0 Å². The molecule has 0 N–H and O–H groups in total. The number of fused-ring (bicyclic) bond motifs is 1. The Kier molecular flexibility index (Phi) is 4.77. The second kappa shape index (κ2) is 7.53. The molecule has 4 nitrogen and oxygen atoms in total. The number of hydrogen-bond donors (Lipinski definition) is 0. The Balaban J connectivity index is 1.49. The number of rotatable bonds is 4. The van der Waals surface area contributed by atoms with E-state index in [2.05, 4.69) is 4.98 Å². The maximum absolute atomic E-state index is 11.9. The number of carbonyl (C=O) groups excluding carboxylic acids is 1. The molecule has 138 valence electrons. The zero-order chi connectivity index (χ0) is 19.5. The summed E-state index contributed by atoms with van der Waals surface area (Å²) in [5.74, 6) is 0.628. The van der Waals surface area contributed by atoms with Crippen molar-refractivity contribution < 1.29 is 9.21 Å². The van der Waals surface area contributed by atoms with Gasteiger partial charge < -0.3 is 9.32 Å². The summed E-state index contributed by atoms with van der Waals surface area (Å²) in [4.78, 5) is 18.0. The lowest BCUT2D eigenvalue weighted by Crippen LogP contribution is -2.21. The predicted molar refractivity (Wildman–Crippen MR) is 113 cm³/mol. The van der Waals surface area contributed by atoms with Crippen LogP contribution in [0.25, 0.3) is 34.7 Å². The molecule has 1 aromatic heterocycles. The second-order valence-electron chi connectivity index (χ2n) is 6.76. The molecule has 4 aromatic rings. The lowest BCUT2D eigenvalue weighted by molar-refractivity contribution is 0.0827. The number of para-hydroxylation sites is 2. The molecular formula is C24H20N2O2. The number of oxazole rings is 1. The SMILES string of the molecule is CN(C)C(=O)c1ccc(/C=C/c2ccc(-c3nc4ccccc4o3)cc2)cc1. The van der Waals surface area contributed by atoms with Crippen LogP contribution >= 0.6 is 0 Å². The fourth-order valence-corrected chi connectivity index (χ4v) is 2.92. The van der Waals surface area contributed by atoms with Crippen molar-refractivity contribution in [3.05, 3.63) is 89.5 Å². The van der Waals surface area contributed by atoms with Gasteiger partial charge in [-0.25, -0.2) is 4.98 Å². The Labute approximate surface area is 163 Å². The van der Waals surface area contributed by atoms with Crippen LogP contribution < -0.4 is 0 Å². The third kappa shape index (κ3) is 3.71. The maximum atomic E-state index is 11.9. The fraction of sp³-hybridized carbons (Fsp3) is 0.0833. The summed E-state index contributed by atoms with van der Waals surface area (Å²) in [5.41, 5.74) is 5.40. The first-order chi connectivity index (χ1) is 13.6. The Morgan fingerprint density at radius 1 is 0.857 bits per heavy atom. The summed E-state index contributed by atoms with van der Waals surface area (Å²) in [7, 11) is 3.50. The third-order valence-electron chi connectivity index (χ3n) is 4.48. The molecule has 0 radical (unpaired) electrons. The Morgan fingerprint density at radius 2 is 1.46 bits per heavy atom. The summed E-state index contributed by atoms with van der Waals surface area (Å²) in [6, 6.07) is 23.4. The van der Waals surface area contributed by atoms with Crippen LogP contribution in [0.4, 0.5) is 0 Å². The van der Waals surface area contributed by atoms with E-state index in [1.807, 2.05) is 84.9 Å². The van der Waals surface area contributed by atoms with Gasteiger partial charge in [-0.2, -0.15) is 0 Å². The smallest absolute Gasteiger partial charge is 0.253 e. The van der Waals surface area contributed by atoms with Gasteiger partial charge in [-0.15, -0.1) is 0 Å². The zero-order valence-electron chi connectivity index (χ0n) is 15.8. The summed E-state index contributed by atoms with van der Waals surface area (Å²) < 4.78 is 5.81. The van der Waals surface area contributed by atoms with Gasteiger partial charge in [0.2, 0.25) is 5.89 Å². The highest BCUT2D eigenvalue weighted by atomic mass is 16.3. The molecule has 1 amide bonds. The first-order valence-electron chi connectivity index (χ1n) is 9.06. The van der Waals surface area contributed by atoms with E-state index in [1.54, 1.807) is 19.0 Å². The van der Waals surface area contributed by atoms with E-state index in [-0.39, 0.29) is 5.91 Å². The van der Waals surface area contributed by atoms with Crippen LogP contribution in [0.2, 0.25) is 0 Å². The minimum Gasteiger partial charge on any atom is -0.436 e. The van der Waals surface area contributed by atoms with Crippen LogP contribution in [-0.2, 0) is 0 Å². The average molecular weight is 368 g/mol. The molecule has 3 aromatic carbocycles. The summed E-state index contributed by atoms with van der Waals surface area (Å²) >= 11 is 0. The molecule has 0 aliphatic rings. The molecule has 0 aliphatic carbocycles. The van der Waals surface area contributed by atoms with E-state index in [0.717, 1.165) is 27.8 Å². The molecule has 0 spiro atoms. The highest BCUT2D eigenvalue weighted by molar-refractivity contribution is 5.94. The van der Waals surface area contributed by atoms with Crippen LogP contribution in [0.15, 0.2) is 77.2 Å². The van der Waals surface area contributed by atoms with Gasteiger partial charge in [0.25, 0.3) is 5.91 Å². The first-order valence-corrected chi connectivity index (χ1v) is 9.06. The number of amides is 1. The minimum atomic E-state index is 0.00492. The average Bonchev–Trinajstić information content (AvgIpc) is 3.16. The standard InChI is InChI=1S/C24H20N2O2/c1-26(2)24(27)20-15-11-18(12-16-20)8-7-17-9-13-19(14-10-17)23-25-21-5-3-4-6-22(21)28-23/h3-16H,1-2H3/b8-7+. The van der Waals surface area contributed by atoms with Crippen LogP contribution in [0.1, 0.15) is 21.5 Å². The number of carbonyl (C=O) groups is 1. The van der Waals surface area contributed by atoms with E-state index in [0.29, 0.717) is 11.5 Å². The number of hydrogen-bond acceptors (Lipinski definition) is 3. The molecule has 0 saturated heterocycles. The highest BCUT2D eigenvalue weighted by Gasteiger charge is 2.08. The van der Waals surface area contributed by atoms with Crippen molar-refractivity contribution in [3.63, 3.8) is 0 Å². The molecular weight excluding hydrogens is 348 g/mol. The largest absolute Gasteiger partial charge is 0.436 e. The van der Waals surface area contributed by atoms with Crippen LogP contribution in [0, 0.1) is 0 Å². The van der Waals surface area contributed by atoms with E-state index < -0.39 is 0 Å². The second-order valence-corrected chi connectivity index (χ2v) is 6.76. The Bertz CT molecular complexity index is 1100. The number of benzene rings is 3. The molecule has 0 unspecified atom stereocenters. The molecule has 1 heterocycles. The van der Waals surface area contributed by atoms with Gasteiger partial charge in [-0.1, -0.05) is 48.6 Å².